The quantitative estimate of drug-likeness (QED) is 0.124. The van der Waals surface area contributed by atoms with Gasteiger partial charge in [0.2, 0.25) is 11.8 Å². The molecule has 2 aliphatic rings. The molecular weight excluding hydrogens is 759 g/mol. The third-order valence-corrected chi connectivity index (χ3v) is 12.3. The lowest BCUT2D eigenvalue weighted by Crippen LogP contribution is -2.61. The number of sulfone groups is 1. The summed E-state index contributed by atoms with van der Waals surface area (Å²) in [5, 5.41) is 32.1. The van der Waals surface area contributed by atoms with Crippen molar-refractivity contribution in [2.45, 2.75) is 67.8 Å². The summed E-state index contributed by atoms with van der Waals surface area (Å²) in [6.45, 7) is 3.08. The molecule has 5 N–H and O–H groups in total. The molecule has 1 saturated heterocycles. The number of carbonyl (C=O) groups is 4. The number of aliphatic hydroxyl groups is 2. The fraction of sp³-hybridized carbons (Fsp3) is 0.375. The number of carbonyl (C=O) groups excluding carboxylic acids is 4. The molecular formula is C40H45N5O9S2. The van der Waals surface area contributed by atoms with Crippen molar-refractivity contribution >= 4 is 56.0 Å². The molecule has 4 amide bonds. The number of hydrogen-bond donors (Lipinski definition) is 5. The van der Waals surface area contributed by atoms with Crippen molar-refractivity contribution in [2.75, 3.05) is 24.5 Å². The second-order valence-corrected chi connectivity index (χ2v) is 18.4. The molecule has 6 rings (SSSR count). The van der Waals surface area contributed by atoms with Gasteiger partial charge in [-0.05, 0) is 49.1 Å². The number of nitrogens with zero attached hydrogens (tertiary/aromatic N) is 2. The summed E-state index contributed by atoms with van der Waals surface area (Å²) < 4.78 is 29.9. The van der Waals surface area contributed by atoms with Crippen LogP contribution in [0.5, 0.6) is 5.75 Å². The molecule has 1 aliphatic heterocycles. The Labute approximate surface area is 329 Å². The Kier molecular flexibility index (Phi) is 12.3. The molecule has 2 heterocycles. The molecule has 6 atom stereocenters. The number of nitrogens with one attached hydrogen (secondary N) is 3. The molecule has 0 spiro atoms. The Hall–Kier alpha value is -5.03. The van der Waals surface area contributed by atoms with Crippen molar-refractivity contribution < 1.29 is 42.5 Å². The van der Waals surface area contributed by atoms with Crippen LogP contribution in [0, 0.1) is 0 Å². The first-order chi connectivity index (χ1) is 26.6. The van der Waals surface area contributed by atoms with Gasteiger partial charge in [0, 0.05) is 40.6 Å². The fourth-order valence-electron chi connectivity index (χ4n) is 7.21. The molecule has 296 valence electrons. The Morgan fingerprint density at radius 3 is 2.48 bits per heavy atom. The van der Waals surface area contributed by atoms with E-state index in [1.807, 2.05) is 44.2 Å². The summed E-state index contributed by atoms with van der Waals surface area (Å²) in [5.41, 5.74) is 2.34. The minimum Gasteiger partial charge on any atom is -0.483 e. The number of rotatable bonds is 14. The highest BCUT2D eigenvalue weighted by Crippen LogP contribution is 2.41. The third-order valence-electron chi connectivity index (χ3n) is 9.96. The zero-order valence-corrected chi connectivity index (χ0v) is 32.8. The zero-order valence-electron chi connectivity index (χ0n) is 31.1. The highest BCUT2D eigenvalue weighted by Gasteiger charge is 2.51. The second-order valence-electron chi connectivity index (χ2n) is 14.6. The normalized spacial score (nSPS) is 20.4. The zero-order chi connectivity index (χ0) is 40.2. The highest BCUT2D eigenvalue weighted by atomic mass is 32.2. The average Bonchev–Trinajstić information content (AvgIpc) is 3.66. The van der Waals surface area contributed by atoms with Gasteiger partial charge in [-0.1, -0.05) is 66.7 Å². The van der Waals surface area contributed by atoms with Gasteiger partial charge in [0.1, 0.15) is 27.7 Å². The summed E-state index contributed by atoms with van der Waals surface area (Å²) in [6.07, 6.45) is 1.69. The molecule has 14 nitrogen and oxygen atoms in total. The van der Waals surface area contributed by atoms with Crippen LogP contribution >= 0.6 is 11.8 Å². The van der Waals surface area contributed by atoms with E-state index in [-0.39, 0.29) is 12.3 Å². The first kappa shape index (κ1) is 40.6. The van der Waals surface area contributed by atoms with Gasteiger partial charge < -0.3 is 35.8 Å². The Morgan fingerprint density at radius 1 is 1.00 bits per heavy atom. The van der Waals surface area contributed by atoms with Crippen molar-refractivity contribution in [1.29, 1.82) is 0 Å². The topological polar surface area (TPSA) is 204 Å². The Morgan fingerprint density at radius 2 is 1.73 bits per heavy atom. The first-order valence-corrected chi connectivity index (χ1v) is 21.1. The standard InChI is InChI=1S/C40H45N5O9S2/c1-40(2)36(38(50)44-34-28-14-8-7-12-25(28)19-31(34)46)45(23-55-40)39(51)35(48)29(18-24-10-5-4-6-11-24)43-37(49)30(22-56(3,52)53)42-33(47)21-54-32-15-9-13-26-20-41-17-16-27(26)32/h4-17,20,29-31,34-36,46,48H,18-19,21-23H2,1-3H3,(H,42,47)(H,43,49)(H,44,50)/t29-,30-,31+,34-,35-,36+/m0/s1. The summed E-state index contributed by atoms with van der Waals surface area (Å²) in [6, 6.07) is 18.4. The van der Waals surface area contributed by atoms with Crippen LogP contribution < -0.4 is 20.7 Å². The summed E-state index contributed by atoms with van der Waals surface area (Å²) >= 11 is 1.34. The lowest BCUT2D eigenvalue weighted by atomic mass is 9.96. The molecule has 0 unspecified atom stereocenters. The Balaban J connectivity index is 1.20. The molecule has 3 aromatic carbocycles. The average molecular weight is 804 g/mol. The van der Waals surface area contributed by atoms with E-state index in [1.54, 1.807) is 60.9 Å². The van der Waals surface area contributed by atoms with E-state index in [2.05, 4.69) is 20.9 Å². The van der Waals surface area contributed by atoms with E-state index in [9.17, 15) is 37.8 Å². The van der Waals surface area contributed by atoms with E-state index >= 15 is 0 Å². The monoisotopic (exact) mass is 803 g/mol. The fourth-order valence-corrected chi connectivity index (χ4v) is 9.19. The van der Waals surface area contributed by atoms with E-state index < -0.39 is 86.9 Å². The second kappa shape index (κ2) is 17.0. The van der Waals surface area contributed by atoms with E-state index in [0.29, 0.717) is 23.1 Å². The van der Waals surface area contributed by atoms with Gasteiger partial charge in [0.15, 0.2) is 12.7 Å². The van der Waals surface area contributed by atoms with Gasteiger partial charge in [-0.15, -0.1) is 11.8 Å². The summed E-state index contributed by atoms with van der Waals surface area (Å²) in [5.74, 6) is -3.42. The number of pyridine rings is 1. The maximum absolute atomic E-state index is 14.2. The number of fused-ring (bicyclic) bond motifs is 2. The van der Waals surface area contributed by atoms with Crippen molar-refractivity contribution in [1.82, 2.24) is 25.8 Å². The van der Waals surface area contributed by atoms with Crippen LogP contribution in [-0.4, -0.2) is 112 Å². The predicted octanol–water partition coefficient (Wildman–Crippen LogP) is 1.69. The number of amides is 4. The number of ether oxygens (including phenoxy) is 1. The smallest absolute Gasteiger partial charge is 0.258 e. The maximum Gasteiger partial charge on any atom is 0.258 e. The highest BCUT2D eigenvalue weighted by molar-refractivity contribution is 8.00. The SMILES string of the molecule is CC1(C)SCN(C(=O)[C@@H](O)[C@H](Cc2ccccc2)NC(=O)[C@H](CS(C)(=O)=O)NC(=O)COc2cccc3cnccc23)[C@@H]1C(=O)N[C@H]1c2ccccc2C[C@H]1O. The first-order valence-electron chi connectivity index (χ1n) is 18.1. The molecule has 16 heteroatoms. The predicted molar refractivity (Wildman–Crippen MR) is 211 cm³/mol. The number of hydrogen-bond acceptors (Lipinski definition) is 11. The van der Waals surface area contributed by atoms with Crippen LogP contribution in [-0.2, 0) is 41.9 Å². The molecule has 0 radical (unpaired) electrons. The molecule has 4 aromatic rings. The van der Waals surface area contributed by atoms with Crippen LogP contribution in [0.2, 0.25) is 0 Å². The van der Waals surface area contributed by atoms with Crippen LogP contribution in [0.1, 0.15) is 36.6 Å². The van der Waals surface area contributed by atoms with Crippen molar-refractivity contribution in [2.24, 2.45) is 0 Å². The number of aliphatic hydroxyl groups excluding tert-OH is 2. The van der Waals surface area contributed by atoms with Gasteiger partial charge in [0.05, 0.1) is 29.8 Å². The molecule has 56 heavy (non-hydrogen) atoms. The Bertz CT molecular complexity index is 2200. The lowest BCUT2D eigenvalue weighted by molar-refractivity contribution is -0.148. The third kappa shape index (κ3) is 9.49. The van der Waals surface area contributed by atoms with Gasteiger partial charge in [-0.2, -0.15) is 0 Å². The van der Waals surface area contributed by atoms with Crippen LogP contribution in [0.25, 0.3) is 10.8 Å². The molecule has 1 aromatic heterocycles. The van der Waals surface area contributed by atoms with Crippen molar-refractivity contribution in [3.63, 3.8) is 0 Å². The van der Waals surface area contributed by atoms with Crippen molar-refractivity contribution in [3.8, 4) is 5.75 Å². The van der Waals surface area contributed by atoms with E-state index in [1.165, 1.54) is 16.7 Å². The summed E-state index contributed by atoms with van der Waals surface area (Å²) in [4.78, 5) is 60.6. The van der Waals surface area contributed by atoms with Crippen LogP contribution in [0.3, 0.4) is 0 Å². The number of thioether (sulfide) groups is 1. The minimum atomic E-state index is -3.84. The molecule has 1 aliphatic carbocycles. The van der Waals surface area contributed by atoms with Gasteiger partial charge in [0.25, 0.3) is 11.8 Å². The van der Waals surface area contributed by atoms with Gasteiger partial charge >= 0.3 is 0 Å². The molecule has 0 saturated carbocycles. The van der Waals surface area contributed by atoms with Crippen molar-refractivity contribution in [3.05, 3.63) is 108 Å². The van der Waals surface area contributed by atoms with E-state index in [4.69, 9.17) is 4.74 Å². The van der Waals surface area contributed by atoms with Crippen LogP contribution in [0.4, 0.5) is 0 Å². The van der Waals surface area contributed by atoms with E-state index in [0.717, 1.165) is 22.8 Å². The number of benzene rings is 3. The molecule has 0 bridgehead atoms. The van der Waals surface area contributed by atoms with Crippen LogP contribution in [0.15, 0.2) is 91.3 Å². The largest absolute Gasteiger partial charge is 0.483 e. The summed E-state index contributed by atoms with van der Waals surface area (Å²) in [7, 11) is -3.84. The van der Waals surface area contributed by atoms with Gasteiger partial charge in [-0.25, -0.2) is 8.42 Å². The molecule has 1 fully saturated rings. The lowest BCUT2D eigenvalue weighted by Gasteiger charge is -2.34. The maximum atomic E-state index is 14.2. The minimum absolute atomic E-state index is 0.0512. The van der Waals surface area contributed by atoms with Gasteiger partial charge in [-0.3, -0.25) is 24.2 Å². The number of aromatic nitrogens is 1.